The zero-order valence-corrected chi connectivity index (χ0v) is 16.2. The Bertz CT molecular complexity index is 1180. The number of aromatic hydroxyl groups is 1. The molecule has 1 N–H and O–H groups in total. The van der Waals surface area contributed by atoms with Gasteiger partial charge in [0.2, 0.25) is 0 Å². The van der Waals surface area contributed by atoms with Crippen molar-refractivity contribution in [1.29, 1.82) is 0 Å². The molecule has 4 aromatic rings. The van der Waals surface area contributed by atoms with Crippen molar-refractivity contribution < 1.29 is 23.8 Å². The van der Waals surface area contributed by atoms with Crippen molar-refractivity contribution in [2.45, 2.75) is 0 Å². The molecule has 0 aliphatic carbocycles. The smallest absolute Gasteiger partial charge is 0.342 e. The van der Waals surface area contributed by atoms with Gasteiger partial charge in [-0.25, -0.2) is 4.79 Å². The SMILES string of the molecule is COC(=O)c1c(O)cc(-c2ccc(Br)cc2)c2oc3c(OC)cccc3c12. The minimum absolute atomic E-state index is 0.0698. The van der Waals surface area contributed by atoms with E-state index in [1.807, 2.05) is 30.3 Å². The van der Waals surface area contributed by atoms with E-state index in [9.17, 15) is 9.90 Å². The van der Waals surface area contributed by atoms with Crippen molar-refractivity contribution in [2.24, 2.45) is 0 Å². The maximum absolute atomic E-state index is 12.4. The number of esters is 1. The zero-order valence-electron chi connectivity index (χ0n) is 14.6. The van der Waals surface area contributed by atoms with Crippen LogP contribution in [0.2, 0.25) is 0 Å². The highest BCUT2D eigenvalue weighted by Crippen LogP contribution is 2.44. The number of phenols is 1. The molecule has 0 fully saturated rings. The quantitative estimate of drug-likeness (QED) is 0.437. The second kappa shape index (κ2) is 6.63. The number of rotatable bonds is 3. The normalized spacial score (nSPS) is 11.1. The molecule has 0 saturated heterocycles. The number of hydrogen-bond donors (Lipinski definition) is 1. The number of carbonyl (C=O) groups is 1. The van der Waals surface area contributed by atoms with E-state index in [0.717, 1.165) is 10.0 Å². The van der Waals surface area contributed by atoms with Crippen LogP contribution in [0.1, 0.15) is 10.4 Å². The lowest BCUT2D eigenvalue weighted by atomic mass is 9.97. The predicted octanol–water partition coefficient (Wildman–Crippen LogP) is 5.52. The van der Waals surface area contributed by atoms with Crippen LogP contribution in [0.4, 0.5) is 0 Å². The number of methoxy groups -OCH3 is 2. The van der Waals surface area contributed by atoms with E-state index >= 15 is 0 Å². The largest absolute Gasteiger partial charge is 0.507 e. The van der Waals surface area contributed by atoms with Gasteiger partial charge in [-0.2, -0.15) is 0 Å². The van der Waals surface area contributed by atoms with Crippen molar-refractivity contribution in [2.75, 3.05) is 14.2 Å². The minimum Gasteiger partial charge on any atom is -0.507 e. The number of para-hydroxylation sites is 1. The summed E-state index contributed by atoms with van der Waals surface area (Å²) in [5.41, 5.74) is 2.56. The van der Waals surface area contributed by atoms with E-state index in [1.165, 1.54) is 13.2 Å². The van der Waals surface area contributed by atoms with Gasteiger partial charge in [0.05, 0.1) is 14.2 Å². The van der Waals surface area contributed by atoms with Gasteiger partial charge in [0.25, 0.3) is 0 Å². The lowest BCUT2D eigenvalue weighted by Gasteiger charge is -2.09. The summed E-state index contributed by atoms with van der Waals surface area (Å²) in [6.45, 7) is 0. The van der Waals surface area contributed by atoms with Gasteiger partial charge in [-0.3, -0.25) is 0 Å². The summed E-state index contributed by atoms with van der Waals surface area (Å²) in [4.78, 5) is 12.4. The van der Waals surface area contributed by atoms with Crippen LogP contribution in [-0.4, -0.2) is 25.3 Å². The summed E-state index contributed by atoms with van der Waals surface area (Å²) in [5, 5.41) is 11.8. The second-order valence-corrected chi connectivity index (χ2v) is 6.88. The van der Waals surface area contributed by atoms with Crippen LogP contribution in [0.3, 0.4) is 0 Å². The topological polar surface area (TPSA) is 68.9 Å². The number of halogens is 1. The van der Waals surface area contributed by atoms with E-state index < -0.39 is 5.97 Å². The number of benzene rings is 3. The fourth-order valence-corrected chi connectivity index (χ4v) is 3.51. The Balaban J connectivity index is 2.18. The van der Waals surface area contributed by atoms with Gasteiger partial charge in [-0.05, 0) is 29.8 Å². The molecule has 1 aromatic heterocycles. The van der Waals surface area contributed by atoms with Crippen LogP contribution in [0.15, 0.2) is 57.4 Å². The van der Waals surface area contributed by atoms with Crippen molar-refractivity contribution >= 4 is 43.8 Å². The van der Waals surface area contributed by atoms with Crippen molar-refractivity contribution in [1.82, 2.24) is 0 Å². The Labute approximate surface area is 163 Å². The van der Waals surface area contributed by atoms with E-state index in [4.69, 9.17) is 13.9 Å². The third kappa shape index (κ3) is 2.73. The van der Waals surface area contributed by atoms with Crippen LogP contribution in [-0.2, 0) is 4.74 Å². The number of fused-ring (bicyclic) bond motifs is 3. The highest BCUT2D eigenvalue weighted by Gasteiger charge is 2.25. The maximum atomic E-state index is 12.4. The number of hydrogen-bond acceptors (Lipinski definition) is 5. The number of ether oxygens (including phenoxy) is 2. The summed E-state index contributed by atoms with van der Waals surface area (Å²) in [6.07, 6.45) is 0. The molecular formula is C21H15BrO5. The summed E-state index contributed by atoms with van der Waals surface area (Å²) in [6, 6.07) is 14.5. The van der Waals surface area contributed by atoms with Crippen LogP contribution < -0.4 is 4.74 Å². The van der Waals surface area contributed by atoms with Gasteiger partial charge >= 0.3 is 5.97 Å². The standard InChI is InChI=1S/C21H15BrO5/c1-25-16-5-3-4-13-17-18(21(24)26-2)15(23)10-14(20(17)27-19(13)16)11-6-8-12(22)9-7-11/h3-10,23H,1-2H3. The van der Waals surface area contributed by atoms with E-state index in [1.54, 1.807) is 19.2 Å². The third-order valence-electron chi connectivity index (χ3n) is 4.48. The third-order valence-corrected chi connectivity index (χ3v) is 5.00. The second-order valence-electron chi connectivity index (χ2n) is 5.96. The van der Waals surface area contributed by atoms with E-state index in [2.05, 4.69) is 15.9 Å². The number of carbonyl (C=O) groups excluding carboxylic acids is 1. The fourth-order valence-electron chi connectivity index (χ4n) is 3.25. The molecule has 5 nitrogen and oxygen atoms in total. The van der Waals surface area contributed by atoms with Gasteiger partial charge in [0.15, 0.2) is 11.3 Å². The summed E-state index contributed by atoms with van der Waals surface area (Å²) >= 11 is 3.42. The Morgan fingerprint density at radius 3 is 2.48 bits per heavy atom. The van der Waals surface area contributed by atoms with Crippen LogP contribution in [0, 0.1) is 0 Å². The Morgan fingerprint density at radius 1 is 1.07 bits per heavy atom. The van der Waals surface area contributed by atoms with Gasteiger partial charge in [0.1, 0.15) is 16.9 Å². The molecule has 0 bridgehead atoms. The highest BCUT2D eigenvalue weighted by atomic mass is 79.9. The average molecular weight is 427 g/mol. The van der Waals surface area contributed by atoms with Crippen molar-refractivity contribution in [3.05, 3.63) is 58.6 Å². The van der Waals surface area contributed by atoms with Gasteiger partial charge in [-0.15, -0.1) is 0 Å². The van der Waals surface area contributed by atoms with E-state index in [0.29, 0.717) is 33.3 Å². The van der Waals surface area contributed by atoms with Crippen molar-refractivity contribution in [3.8, 4) is 22.6 Å². The molecular weight excluding hydrogens is 412 g/mol. The molecule has 3 aromatic carbocycles. The predicted molar refractivity (Wildman–Crippen MR) is 106 cm³/mol. The Hall–Kier alpha value is -2.99. The first kappa shape index (κ1) is 17.4. The molecule has 27 heavy (non-hydrogen) atoms. The summed E-state index contributed by atoms with van der Waals surface area (Å²) < 4.78 is 17.3. The zero-order chi connectivity index (χ0) is 19.1. The van der Waals surface area contributed by atoms with Gasteiger partial charge in [0, 0.05) is 20.8 Å². The molecule has 136 valence electrons. The molecule has 0 radical (unpaired) electrons. The molecule has 4 rings (SSSR count). The maximum Gasteiger partial charge on any atom is 0.342 e. The van der Waals surface area contributed by atoms with Gasteiger partial charge < -0.3 is 19.0 Å². The molecule has 0 amide bonds. The molecule has 6 heteroatoms. The first-order valence-corrected chi connectivity index (χ1v) is 8.94. The van der Waals surface area contributed by atoms with Gasteiger partial charge in [-0.1, -0.05) is 40.2 Å². The molecule has 0 spiro atoms. The Morgan fingerprint density at radius 2 is 1.81 bits per heavy atom. The number of phenolic OH excluding ortho intramolecular Hbond substituents is 1. The molecule has 0 atom stereocenters. The van der Waals surface area contributed by atoms with Crippen LogP contribution in [0.5, 0.6) is 11.5 Å². The minimum atomic E-state index is -0.634. The molecule has 0 aliphatic rings. The summed E-state index contributed by atoms with van der Waals surface area (Å²) in [5.74, 6) is -0.260. The summed E-state index contributed by atoms with van der Waals surface area (Å²) in [7, 11) is 2.83. The van der Waals surface area contributed by atoms with Crippen molar-refractivity contribution in [3.63, 3.8) is 0 Å². The number of furan rings is 1. The molecule has 0 aliphatic heterocycles. The Kier molecular flexibility index (Phi) is 4.28. The molecule has 1 heterocycles. The van der Waals surface area contributed by atoms with Crippen LogP contribution in [0.25, 0.3) is 33.1 Å². The highest BCUT2D eigenvalue weighted by molar-refractivity contribution is 9.10. The lowest BCUT2D eigenvalue weighted by Crippen LogP contribution is -2.02. The van der Waals surface area contributed by atoms with E-state index in [-0.39, 0.29) is 11.3 Å². The first-order valence-electron chi connectivity index (χ1n) is 8.14. The molecule has 0 saturated carbocycles. The average Bonchev–Trinajstić information content (AvgIpc) is 3.07. The lowest BCUT2D eigenvalue weighted by molar-refractivity contribution is 0.0600. The van der Waals surface area contributed by atoms with Crippen LogP contribution >= 0.6 is 15.9 Å². The monoisotopic (exact) mass is 426 g/mol. The fraction of sp³-hybridized carbons (Fsp3) is 0.0952. The molecule has 0 unspecified atom stereocenters. The first-order chi connectivity index (χ1) is 13.0.